The summed E-state index contributed by atoms with van der Waals surface area (Å²) in [7, 11) is 0. The van der Waals surface area contributed by atoms with Gasteiger partial charge in [0.25, 0.3) is 5.91 Å². The number of thiophene rings is 1. The molecule has 2 aromatic rings. The van der Waals surface area contributed by atoms with Crippen molar-refractivity contribution in [3.63, 3.8) is 0 Å². The quantitative estimate of drug-likeness (QED) is 0.537. The Morgan fingerprint density at radius 1 is 1.44 bits per heavy atom. The molecule has 0 aromatic carbocycles. The van der Waals surface area contributed by atoms with Crippen LogP contribution in [0.4, 0.5) is 10.8 Å². The first kappa shape index (κ1) is 19.1. The number of hydrogen-bond acceptors (Lipinski definition) is 6. The van der Waals surface area contributed by atoms with Crippen molar-refractivity contribution in [1.29, 1.82) is 0 Å². The lowest BCUT2D eigenvalue weighted by Crippen LogP contribution is -2.22. The van der Waals surface area contributed by atoms with Crippen molar-refractivity contribution in [2.75, 3.05) is 5.32 Å². The fourth-order valence-corrected chi connectivity index (χ4v) is 4.03. The molecule has 3 N–H and O–H groups in total. The molecule has 0 radical (unpaired) electrons. The third-order valence-electron chi connectivity index (χ3n) is 3.64. The zero-order valence-corrected chi connectivity index (χ0v) is 16.2. The summed E-state index contributed by atoms with van der Waals surface area (Å²) in [5, 5.41) is 17.7. The molecule has 2 heterocycles. The van der Waals surface area contributed by atoms with Crippen LogP contribution in [0.1, 0.15) is 33.4 Å². The SMILES string of the molecule is CCc1c(C)sc(NC(=O)Cn2nc([N+](=O)[O-])c(Br)c2C)c1C(N)=O. The maximum Gasteiger partial charge on any atom is 0.404 e. The topological polar surface area (TPSA) is 133 Å². The van der Waals surface area contributed by atoms with E-state index in [0.717, 1.165) is 10.4 Å². The molecule has 9 nitrogen and oxygen atoms in total. The largest absolute Gasteiger partial charge is 0.404 e. The highest BCUT2D eigenvalue weighted by atomic mass is 79.9. The number of carbonyl (C=O) groups is 2. The number of primary amides is 1. The van der Waals surface area contributed by atoms with Gasteiger partial charge in [0.1, 0.15) is 16.0 Å². The minimum atomic E-state index is -0.632. The molecular formula is C14H16BrN5O4S. The van der Waals surface area contributed by atoms with Gasteiger partial charge in [-0.2, -0.15) is 4.68 Å². The summed E-state index contributed by atoms with van der Waals surface area (Å²) in [5.41, 5.74) is 7.00. The Morgan fingerprint density at radius 3 is 2.56 bits per heavy atom. The highest BCUT2D eigenvalue weighted by molar-refractivity contribution is 9.10. The van der Waals surface area contributed by atoms with Crippen molar-refractivity contribution in [2.24, 2.45) is 5.73 Å². The standard InChI is InChI=1S/C14H16BrN5O4S/c1-4-8-7(3)25-14(10(8)12(16)22)17-9(21)5-19-6(2)11(15)13(18-19)20(23)24/h4-5H2,1-3H3,(H2,16,22)(H,17,21). The molecule has 2 aromatic heterocycles. The second kappa shape index (κ2) is 7.31. The zero-order chi connectivity index (χ0) is 18.9. The van der Waals surface area contributed by atoms with E-state index in [1.807, 2.05) is 13.8 Å². The Balaban J connectivity index is 2.26. The summed E-state index contributed by atoms with van der Waals surface area (Å²) in [6.45, 7) is 5.13. The number of nitro groups is 1. The summed E-state index contributed by atoms with van der Waals surface area (Å²) >= 11 is 4.37. The minimum Gasteiger partial charge on any atom is -0.365 e. The summed E-state index contributed by atoms with van der Waals surface area (Å²) < 4.78 is 1.45. The molecule has 2 amide bonds. The van der Waals surface area contributed by atoms with Crippen molar-refractivity contribution in [1.82, 2.24) is 9.78 Å². The average Bonchev–Trinajstić information content (AvgIpc) is 2.98. The van der Waals surface area contributed by atoms with Crippen molar-refractivity contribution < 1.29 is 14.5 Å². The van der Waals surface area contributed by atoms with Crippen molar-refractivity contribution >= 4 is 49.9 Å². The summed E-state index contributed by atoms with van der Waals surface area (Å²) in [6.07, 6.45) is 0.619. The van der Waals surface area contributed by atoms with E-state index in [4.69, 9.17) is 5.73 Å². The van der Waals surface area contributed by atoms with E-state index >= 15 is 0 Å². The van der Waals surface area contributed by atoms with Gasteiger partial charge in [-0.3, -0.25) is 9.59 Å². The molecule has 2 rings (SSSR count). The second-order valence-electron chi connectivity index (χ2n) is 5.24. The molecule has 0 fully saturated rings. The number of carbonyl (C=O) groups excluding carboxylic acids is 2. The van der Waals surface area contributed by atoms with Crippen LogP contribution < -0.4 is 11.1 Å². The van der Waals surface area contributed by atoms with Gasteiger partial charge in [0.15, 0.2) is 0 Å². The van der Waals surface area contributed by atoms with Crippen LogP contribution in [0.5, 0.6) is 0 Å². The smallest absolute Gasteiger partial charge is 0.365 e. The zero-order valence-electron chi connectivity index (χ0n) is 13.8. The number of hydrogen-bond donors (Lipinski definition) is 2. The number of anilines is 1. The molecule has 11 heteroatoms. The van der Waals surface area contributed by atoms with Crippen LogP contribution in [0, 0.1) is 24.0 Å². The lowest BCUT2D eigenvalue weighted by Gasteiger charge is -2.05. The van der Waals surface area contributed by atoms with E-state index in [9.17, 15) is 19.7 Å². The fourth-order valence-electron chi connectivity index (χ4n) is 2.43. The van der Waals surface area contributed by atoms with Crippen LogP contribution in [0.25, 0.3) is 0 Å². The van der Waals surface area contributed by atoms with Crippen molar-refractivity contribution in [3.05, 3.63) is 36.3 Å². The Hall–Kier alpha value is -2.27. The van der Waals surface area contributed by atoms with E-state index in [0.29, 0.717) is 22.7 Å². The van der Waals surface area contributed by atoms with Crippen LogP contribution in [0.2, 0.25) is 0 Å². The third-order valence-corrected chi connectivity index (χ3v) is 5.64. The average molecular weight is 430 g/mol. The lowest BCUT2D eigenvalue weighted by atomic mass is 10.1. The summed E-state index contributed by atoms with van der Waals surface area (Å²) in [6, 6.07) is 0. The van der Waals surface area contributed by atoms with Gasteiger partial charge in [-0.25, -0.2) is 0 Å². The number of rotatable bonds is 6. The minimum absolute atomic E-state index is 0.225. The van der Waals surface area contributed by atoms with E-state index in [2.05, 4.69) is 26.3 Å². The number of halogens is 1. The van der Waals surface area contributed by atoms with E-state index < -0.39 is 16.7 Å². The van der Waals surface area contributed by atoms with Gasteiger partial charge in [-0.1, -0.05) is 6.92 Å². The molecule has 0 unspecified atom stereocenters. The van der Waals surface area contributed by atoms with Crippen LogP contribution in [-0.4, -0.2) is 26.5 Å². The normalized spacial score (nSPS) is 10.7. The predicted octanol–water partition coefficient (Wildman–Crippen LogP) is 2.53. The summed E-state index contributed by atoms with van der Waals surface area (Å²) in [5.74, 6) is -1.42. The molecular weight excluding hydrogens is 414 g/mol. The highest BCUT2D eigenvalue weighted by Gasteiger charge is 2.26. The summed E-state index contributed by atoms with van der Waals surface area (Å²) in [4.78, 5) is 35.2. The van der Waals surface area contributed by atoms with Gasteiger partial charge < -0.3 is 21.2 Å². The Kier molecular flexibility index (Phi) is 5.58. The number of nitrogens with zero attached hydrogens (tertiary/aromatic N) is 3. The first-order valence-corrected chi connectivity index (χ1v) is 8.87. The van der Waals surface area contributed by atoms with Crippen molar-refractivity contribution in [2.45, 2.75) is 33.7 Å². The molecule has 0 aliphatic rings. The Morgan fingerprint density at radius 2 is 2.08 bits per heavy atom. The van der Waals surface area contributed by atoms with E-state index in [-0.39, 0.29) is 16.8 Å². The van der Waals surface area contributed by atoms with Gasteiger partial charge in [0.2, 0.25) is 5.91 Å². The first-order chi connectivity index (χ1) is 11.7. The number of amides is 2. The van der Waals surface area contributed by atoms with Crippen LogP contribution in [0.15, 0.2) is 4.47 Å². The number of nitrogens with one attached hydrogen (secondary N) is 1. The van der Waals surface area contributed by atoms with Crippen LogP contribution in [-0.2, 0) is 17.8 Å². The van der Waals surface area contributed by atoms with Crippen LogP contribution in [0.3, 0.4) is 0 Å². The molecule has 0 saturated carbocycles. The lowest BCUT2D eigenvalue weighted by molar-refractivity contribution is -0.390. The first-order valence-electron chi connectivity index (χ1n) is 7.26. The van der Waals surface area contributed by atoms with E-state index in [1.54, 1.807) is 6.92 Å². The van der Waals surface area contributed by atoms with Crippen molar-refractivity contribution in [3.8, 4) is 0 Å². The molecule has 0 spiro atoms. The van der Waals surface area contributed by atoms with Gasteiger partial charge >= 0.3 is 5.82 Å². The molecule has 134 valence electrons. The fraction of sp³-hybridized carbons (Fsp3) is 0.357. The highest BCUT2D eigenvalue weighted by Crippen LogP contribution is 2.33. The third kappa shape index (κ3) is 3.71. The van der Waals surface area contributed by atoms with Crippen LogP contribution >= 0.6 is 27.3 Å². The Labute approximate surface area is 155 Å². The predicted molar refractivity (Wildman–Crippen MR) is 96.9 cm³/mol. The number of nitrogens with two attached hydrogens (primary N) is 1. The monoisotopic (exact) mass is 429 g/mol. The Bertz CT molecular complexity index is 873. The van der Waals surface area contributed by atoms with E-state index in [1.165, 1.54) is 16.0 Å². The van der Waals surface area contributed by atoms with Gasteiger partial charge in [0.05, 0.1) is 16.4 Å². The van der Waals surface area contributed by atoms with Gasteiger partial charge in [0, 0.05) is 4.88 Å². The molecule has 0 atom stereocenters. The maximum absolute atomic E-state index is 12.3. The molecule has 0 aliphatic heterocycles. The molecule has 0 bridgehead atoms. The number of aryl methyl sites for hydroxylation is 1. The number of aromatic nitrogens is 2. The van der Waals surface area contributed by atoms with Gasteiger partial charge in [-0.05, 0) is 46.7 Å². The molecule has 0 saturated heterocycles. The second-order valence-corrected chi connectivity index (χ2v) is 7.26. The molecule has 0 aliphatic carbocycles. The molecule has 25 heavy (non-hydrogen) atoms. The maximum atomic E-state index is 12.3. The van der Waals surface area contributed by atoms with Gasteiger partial charge in [-0.15, -0.1) is 11.3 Å².